The van der Waals surface area contributed by atoms with E-state index in [9.17, 15) is 0 Å². The molecule has 3 nitrogen and oxygen atoms in total. The molecule has 4 N–H and O–H groups in total. The van der Waals surface area contributed by atoms with Gasteiger partial charge >= 0.3 is 0 Å². The van der Waals surface area contributed by atoms with Crippen molar-refractivity contribution in [3.8, 4) is 0 Å². The topological polar surface area (TPSA) is 75.9 Å². The first-order chi connectivity index (χ1) is 1.41. The third-order valence-electron chi connectivity index (χ3n) is 0. The molecule has 0 atom stereocenters. The first-order valence-electron chi connectivity index (χ1n) is 0.454. The average molecular weight is 257 g/mol. The molecule has 0 saturated heterocycles. The van der Waals surface area contributed by atoms with Gasteiger partial charge in [0.15, 0.2) is 0 Å². The first kappa shape index (κ1) is 19.5. The van der Waals surface area contributed by atoms with Gasteiger partial charge in [0.05, 0.1) is 0 Å². The molecule has 0 unspecified atom stereocenters. The summed E-state index contributed by atoms with van der Waals surface area (Å²) in [5.74, 6) is 0. The third kappa shape index (κ3) is 2740. The van der Waals surface area contributed by atoms with Crippen LogP contribution in [0.15, 0.2) is 0 Å². The van der Waals surface area contributed by atoms with Crippen LogP contribution in [-0.4, -0.2) is 6.08 Å². The van der Waals surface area contributed by atoms with Crippen molar-refractivity contribution in [1.82, 2.24) is 6.15 Å². The fraction of sp³-hybridized carbons (Fsp3) is 0. The summed E-state index contributed by atoms with van der Waals surface area (Å²) in [6.45, 7) is 0. The quantitative estimate of drug-likeness (QED) is 0.366. The zero-order valence-corrected chi connectivity index (χ0v) is 4.58. The molecular weight excluding hydrogens is 253 g/mol. The van der Waals surface area contributed by atoms with Gasteiger partial charge in [-0.1, -0.05) is 0 Å². The predicted octanol–water partition coefficient (Wildman–Crippen LogP) is 0.0605. The van der Waals surface area contributed by atoms with E-state index in [1.165, 1.54) is 0 Å². The zero-order valence-electron chi connectivity index (χ0n) is 2.42. The van der Waals surface area contributed by atoms with Gasteiger partial charge in [-0.2, -0.15) is 0 Å². The number of hydrogen-bond donors (Lipinski definition) is 2. The Hall–Kier alpha value is 0.0803. The number of carbonyl (C=O) groups excluding carboxylic acids is 1. The average Bonchev–Trinajstić information content (AvgIpc) is 0.918. The maximum absolute atomic E-state index is 8.35. The van der Waals surface area contributed by atoms with Crippen LogP contribution in [-0.2, 0) is 27.2 Å². The van der Waals surface area contributed by atoms with Crippen LogP contribution in [0.5, 0.6) is 0 Å². The minimum absolute atomic E-state index is 0. The van der Waals surface area contributed by atoms with Gasteiger partial charge < -0.3 is 6.15 Å². The number of rotatable bonds is 0. The molecular formula is CH4AuN2O. The van der Waals surface area contributed by atoms with Crippen molar-refractivity contribution in [2.45, 2.75) is 0 Å². The maximum atomic E-state index is 8.35. The Morgan fingerprint density at radius 2 is 1.60 bits per heavy atom. The van der Waals surface area contributed by atoms with Crippen LogP contribution in [0.4, 0.5) is 0 Å². The Bertz CT molecular complexity index is 30.6. The molecule has 0 amide bonds. The minimum atomic E-state index is 0. The molecule has 0 rings (SSSR count). The van der Waals surface area contributed by atoms with Crippen LogP contribution in [0.1, 0.15) is 0 Å². The van der Waals surface area contributed by atoms with Crippen LogP contribution in [0.3, 0.4) is 0 Å². The monoisotopic (exact) mass is 257 g/mol. The van der Waals surface area contributed by atoms with E-state index < -0.39 is 0 Å². The Kier molecular flexibility index (Phi) is 130. The number of isocyanates is 1. The van der Waals surface area contributed by atoms with Crippen molar-refractivity contribution >= 4 is 6.08 Å². The van der Waals surface area contributed by atoms with Crippen LogP contribution in [0.2, 0.25) is 0 Å². The third-order valence-corrected chi connectivity index (χ3v) is 0. The Labute approximate surface area is 45.4 Å². The summed E-state index contributed by atoms with van der Waals surface area (Å²) in [5.41, 5.74) is 0. The molecule has 1 radical (unpaired) electrons. The molecule has 0 heterocycles. The van der Waals surface area contributed by atoms with Crippen molar-refractivity contribution in [2.24, 2.45) is 0 Å². The normalized spacial score (nSPS) is 1.60. The van der Waals surface area contributed by atoms with Crippen molar-refractivity contribution in [2.75, 3.05) is 0 Å². The maximum Gasteiger partial charge on any atom is 0.231 e. The van der Waals surface area contributed by atoms with Gasteiger partial charge in [-0.25, -0.2) is 10.2 Å². The summed E-state index contributed by atoms with van der Waals surface area (Å²) in [6.07, 6.45) is 0.750. The fourth-order valence-electron chi connectivity index (χ4n) is 0. The van der Waals surface area contributed by atoms with Gasteiger partial charge in [0.1, 0.15) is 0 Å². The Balaban J connectivity index is -0.0000000200. The largest absolute Gasteiger partial charge is 0.344 e. The second-order valence-electron chi connectivity index (χ2n) is 0.102. The molecule has 4 heteroatoms. The van der Waals surface area contributed by atoms with Crippen molar-refractivity contribution in [3.05, 3.63) is 0 Å². The molecule has 0 spiro atoms. The zero-order chi connectivity index (χ0) is 2.71. The van der Waals surface area contributed by atoms with Gasteiger partial charge in [-0.15, -0.1) is 0 Å². The van der Waals surface area contributed by atoms with Gasteiger partial charge in [-0.05, 0) is 0 Å². The van der Waals surface area contributed by atoms with E-state index in [0.717, 1.165) is 6.08 Å². The standard InChI is InChI=1S/CHNO.Au.H3N/c2-1-3;;/h2H;;1H3. The van der Waals surface area contributed by atoms with Gasteiger partial charge in [0.2, 0.25) is 6.08 Å². The van der Waals surface area contributed by atoms with E-state index >= 15 is 0 Å². The smallest absolute Gasteiger partial charge is 0.231 e. The SMILES string of the molecule is N.N=C=O.[Au]. The van der Waals surface area contributed by atoms with Crippen molar-refractivity contribution in [1.29, 1.82) is 5.41 Å². The molecule has 0 aliphatic carbocycles. The summed E-state index contributed by atoms with van der Waals surface area (Å²) in [4.78, 5) is 8.35. The molecule has 0 aromatic rings. The summed E-state index contributed by atoms with van der Waals surface area (Å²) >= 11 is 0. The molecule has 5 heavy (non-hydrogen) atoms. The van der Waals surface area contributed by atoms with Crippen molar-refractivity contribution in [3.63, 3.8) is 0 Å². The van der Waals surface area contributed by atoms with Crippen molar-refractivity contribution < 1.29 is 27.2 Å². The molecule has 0 aromatic heterocycles. The summed E-state index contributed by atoms with van der Waals surface area (Å²) in [5, 5.41) is 5.40. The summed E-state index contributed by atoms with van der Waals surface area (Å²) < 4.78 is 0. The Morgan fingerprint density at radius 3 is 1.60 bits per heavy atom. The second kappa shape index (κ2) is 33.2. The van der Waals surface area contributed by atoms with Crippen LogP contribution in [0, 0.1) is 5.41 Å². The first-order valence-corrected chi connectivity index (χ1v) is 0.454. The number of hydrogen-bond acceptors (Lipinski definition) is 3. The van der Waals surface area contributed by atoms with E-state index in [2.05, 4.69) is 0 Å². The van der Waals surface area contributed by atoms with Gasteiger partial charge in [-0.3, -0.25) is 0 Å². The van der Waals surface area contributed by atoms with Crippen LogP contribution in [0.25, 0.3) is 0 Å². The Morgan fingerprint density at radius 1 is 1.60 bits per heavy atom. The fourth-order valence-corrected chi connectivity index (χ4v) is 0. The molecule has 35 valence electrons. The predicted molar refractivity (Wildman–Crippen MR) is 13.4 cm³/mol. The summed E-state index contributed by atoms with van der Waals surface area (Å²) in [6, 6.07) is 0. The molecule has 0 bridgehead atoms. The number of nitrogens with one attached hydrogen (secondary N) is 1. The van der Waals surface area contributed by atoms with Crippen LogP contribution < -0.4 is 6.15 Å². The molecule has 0 aliphatic rings. The molecule has 0 aromatic carbocycles. The van der Waals surface area contributed by atoms with Gasteiger partial charge in [0.25, 0.3) is 0 Å². The van der Waals surface area contributed by atoms with E-state index in [0.29, 0.717) is 0 Å². The molecule has 0 aliphatic heterocycles. The van der Waals surface area contributed by atoms with E-state index in [1.807, 2.05) is 0 Å². The van der Waals surface area contributed by atoms with E-state index in [4.69, 9.17) is 10.2 Å². The van der Waals surface area contributed by atoms with E-state index in [-0.39, 0.29) is 28.5 Å². The summed E-state index contributed by atoms with van der Waals surface area (Å²) in [7, 11) is 0. The molecule has 0 saturated carbocycles. The minimum Gasteiger partial charge on any atom is -0.344 e. The van der Waals surface area contributed by atoms with E-state index in [1.54, 1.807) is 0 Å². The second-order valence-corrected chi connectivity index (χ2v) is 0.102. The van der Waals surface area contributed by atoms with Crippen LogP contribution >= 0.6 is 0 Å². The molecule has 0 fully saturated rings. The van der Waals surface area contributed by atoms with Gasteiger partial charge in [0, 0.05) is 22.4 Å².